The Morgan fingerprint density at radius 2 is 1.97 bits per heavy atom. The van der Waals surface area contributed by atoms with Gasteiger partial charge < -0.3 is 15.5 Å². The number of carbonyl (C=O) groups is 1. The monoisotopic (exact) mass is 533 g/mol. The van der Waals surface area contributed by atoms with E-state index in [1.807, 2.05) is 32.4 Å². The van der Waals surface area contributed by atoms with E-state index < -0.39 is 5.54 Å². The molecule has 4 aromatic rings. The van der Waals surface area contributed by atoms with Gasteiger partial charge >= 0.3 is 0 Å². The third kappa shape index (κ3) is 4.60. The topological polar surface area (TPSA) is 104 Å². The molecule has 2 saturated heterocycles. The highest BCUT2D eigenvalue weighted by atomic mass is 32.1. The molecule has 1 amide bonds. The standard InChI is InChI=1S/C28H35N7O2S/c1-18-12-20-21(15-30-16-23(20)32-18)24-17-34(9-10-37-24)26(22-13-25-19(14-31-22)4-11-38-25)33-5-7-35(8-6-33)28(2,3)27(29)36/h4,11-16,24,26,32H,5-10,17H2,1-3H3,(H2,29,36). The van der Waals surface area contributed by atoms with E-state index >= 15 is 0 Å². The zero-order chi connectivity index (χ0) is 26.4. The van der Waals surface area contributed by atoms with E-state index in [1.165, 1.54) is 15.5 Å². The van der Waals surface area contributed by atoms with Gasteiger partial charge in [0.2, 0.25) is 5.91 Å². The van der Waals surface area contributed by atoms with Crippen molar-refractivity contribution < 1.29 is 9.53 Å². The van der Waals surface area contributed by atoms with Crippen LogP contribution in [-0.4, -0.2) is 87.0 Å². The lowest BCUT2D eigenvalue weighted by atomic mass is 10.0. The van der Waals surface area contributed by atoms with Crippen molar-refractivity contribution in [3.05, 3.63) is 59.1 Å². The van der Waals surface area contributed by atoms with Crippen LogP contribution < -0.4 is 5.73 Å². The lowest BCUT2D eigenvalue weighted by molar-refractivity contribution is -0.131. The average molecular weight is 534 g/mol. The van der Waals surface area contributed by atoms with Gasteiger partial charge in [0.15, 0.2) is 0 Å². The predicted octanol–water partition coefficient (Wildman–Crippen LogP) is 3.43. The summed E-state index contributed by atoms with van der Waals surface area (Å²) in [7, 11) is 0. The highest BCUT2D eigenvalue weighted by Gasteiger charge is 2.39. The summed E-state index contributed by atoms with van der Waals surface area (Å²) >= 11 is 1.75. The summed E-state index contributed by atoms with van der Waals surface area (Å²) in [5.41, 5.74) is 9.38. The molecule has 0 radical (unpaired) electrons. The quantitative estimate of drug-likeness (QED) is 0.391. The zero-order valence-corrected chi connectivity index (χ0v) is 23.0. The number of pyridine rings is 2. The molecule has 2 aliphatic rings. The summed E-state index contributed by atoms with van der Waals surface area (Å²) in [6.07, 6.45) is 5.73. The number of rotatable bonds is 6. The average Bonchev–Trinajstić information content (AvgIpc) is 3.54. The number of H-pyrrole nitrogens is 1. The molecule has 0 spiro atoms. The minimum Gasteiger partial charge on any atom is -0.371 e. The number of hydrogen-bond acceptors (Lipinski definition) is 8. The Morgan fingerprint density at radius 3 is 2.76 bits per heavy atom. The number of fused-ring (bicyclic) bond motifs is 2. The zero-order valence-electron chi connectivity index (χ0n) is 22.2. The maximum Gasteiger partial charge on any atom is 0.237 e. The first-order valence-corrected chi connectivity index (χ1v) is 14.1. The van der Waals surface area contributed by atoms with Crippen LogP contribution in [0, 0.1) is 6.92 Å². The summed E-state index contributed by atoms with van der Waals surface area (Å²) < 4.78 is 7.58. The number of aromatic nitrogens is 3. The number of piperazine rings is 1. The van der Waals surface area contributed by atoms with Crippen molar-refractivity contribution in [2.45, 2.75) is 38.6 Å². The van der Waals surface area contributed by atoms with Crippen LogP contribution in [0.2, 0.25) is 0 Å². The molecule has 2 fully saturated rings. The molecule has 9 nitrogen and oxygen atoms in total. The molecule has 2 aliphatic heterocycles. The summed E-state index contributed by atoms with van der Waals surface area (Å²) in [5.74, 6) is -0.286. The van der Waals surface area contributed by atoms with Gasteiger partial charge in [-0.05, 0) is 44.4 Å². The fourth-order valence-electron chi connectivity index (χ4n) is 5.85. The summed E-state index contributed by atoms with van der Waals surface area (Å²) in [5, 5.41) is 4.46. The fourth-order valence-corrected chi connectivity index (χ4v) is 6.65. The van der Waals surface area contributed by atoms with Crippen molar-refractivity contribution in [2.75, 3.05) is 45.9 Å². The maximum atomic E-state index is 12.1. The van der Waals surface area contributed by atoms with E-state index in [-0.39, 0.29) is 18.2 Å². The molecule has 4 aromatic heterocycles. The molecule has 2 unspecified atom stereocenters. The van der Waals surface area contributed by atoms with Crippen LogP contribution in [0.1, 0.15) is 43.1 Å². The number of morpholine rings is 1. The number of aryl methyl sites for hydroxylation is 1. The van der Waals surface area contributed by atoms with E-state index in [0.717, 1.165) is 61.7 Å². The molecule has 10 heteroatoms. The molecule has 0 aromatic carbocycles. The van der Waals surface area contributed by atoms with Crippen LogP contribution in [0.5, 0.6) is 0 Å². The van der Waals surface area contributed by atoms with Crippen molar-refractivity contribution in [3.8, 4) is 0 Å². The number of primary amides is 1. The Balaban J connectivity index is 1.31. The smallest absolute Gasteiger partial charge is 0.237 e. The second-order valence-electron chi connectivity index (χ2n) is 10.9. The molecule has 6 heterocycles. The van der Waals surface area contributed by atoms with Crippen LogP contribution in [-0.2, 0) is 9.53 Å². The normalized spacial score (nSPS) is 21.3. The lowest BCUT2D eigenvalue weighted by Gasteiger charge is -2.48. The van der Waals surface area contributed by atoms with E-state index in [1.54, 1.807) is 11.3 Å². The number of amides is 1. The fraction of sp³-hybridized carbons (Fsp3) is 0.464. The van der Waals surface area contributed by atoms with Gasteiger partial charge in [0.05, 0.1) is 35.7 Å². The molecule has 0 aliphatic carbocycles. The van der Waals surface area contributed by atoms with Crippen LogP contribution in [0.15, 0.2) is 42.2 Å². The molecule has 6 rings (SSSR count). The number of aromatic amines is 1. The number of nitrogens with zero attached hydrogens (tertiary/aromatic N) is 5. The van der Waals surface area contributed by atoms with Crippen molar-refractivity contribution in [3.63, 3.8) is 0 Å². The lowest BCUT2D eigenvalue weighted by Crippen LogP contribution is -2.61. The van der Waals surface area contributed by atoms with Gasteiger partial charge in [-0.15, -0.1) is 11.3 Å². The summed E-state index contributed by atoms with van der Waals surface area (Å²) in [6, 6.07) is 6.54. The van der Waals surface area contributed by atoms with Crippen LogP contribution in [0.3, 0.4) is 0 Å². The first kappa shape index (κ1) is 25.4. The number of nitrogens with two attached hydrogens (primary N) is 1. The van der Waals surface area contributed by atoms with Gasteiger partial charge in [0.25, 0.3) is 0 Å². The second-order valence-corrected chi connectivity index (χ2v) is 11.8. The highest BCUT2D eigenvalue weighted by Crippen LogP contribution is 2.35. The highest BCUT2D eigenvalue weighted by molar-refractivity contribution is 7.17. The van der Waals surface area contributed by atoms with Crippen LogP contribution in [0.4, 0.5) is 0 Å². The molecule has 2 atom stereocenters. The molecule has 0 saturated carbocycles. The summed E-state index contributed by atoms with van der Waals surface area (Å²) in [4.78, 5) is 32.1. The molecule has 200 valence electrons. The predicted molar refractivity (Wildman–Crippen MR) is 150 cm³/mol. The maximum absolute atomic E-state index is 12.1. The first-order chi connectivity index (χ1) is 18.3. The Kier molecular flexibility index (Phi) is 6.69. The van der Waals surface area contributed by atoms with Gasteiger partial charge in [-0.25, -0.2) is 0 Å². The first-order valence-electron chi connectivity index (χ1n) is 13.2. The largest absolute Gasteiger partial charge is 0.371 e. The van der Waals surface area contributed by atoms with Gasteiger partial charge in [0, 0.05) is 78.4 Å². The Labute approximate surface area is 226 Å². The van der Waals surface area contributed by atoms with E-state index in [2.05, 4.69) is 55.2 Å². The Hall–Kier alpha value is -2.89. The SMILES string of the molecule is Cc1cc2c(C3CN(C(c4cc5sccc5cn4)N4CCN(C(C)(C)C(N)=O)CC4)CCO3)cncc2[nH]1. The van der Waals surface area contributed by atoms with Crippen molar-refractivity contribution >= 4 is 38.2 Å². The van der Waals surface area contributed by atoms with Gasteiger partial charge in [-0.3, -0.25) is 29.5 Å². The third-order valence-electron chi connectivity index (χ3n) is 8.18. The number of carbonyl (C=O) groups excluding carboxylic acids is 1. The minimum absolute atomic E-state index is 0.00636. The van der Waals surface area contributed by atoms with E-state index in [9.17, 15) is 4.79 Å². The van der Waals surface area contributed by atoms with Gasteiger partial charge in [-0.1, -0.05) is 0 Å². The third-order valence-corrected chi connectivity index (χ3v) is 9.06. The molecular formula is C28H35N7O2S. The number of thiophene rings is 1. The number of hydrogen-bond donors (Lipinski definition) is 2. The molecule has 0 bridgehead atoms. The van der Waals surface area contributed by atoms with Crippen molar-refractivity contribution in [1.82, 2.24) is 29.7 Å². The molecule has 3 N–H and O–H groups in total. The van der Waals surface area contributed by atoms with E-state index in [0.29, 0.717) is 6.61 Å². The number of ether oxygens (including phenoxy) is 1. The molecule has 38 heavy (non-hydrogen) atoms. The minimum atomic E-state index is -0.667. The summed E-state index contributed by atoms with van der Waals surface area (Å²) in [6.45, 7) is 11.3. The second kappa shape index (κ2) is 10.0. The van der Waals surface area contributed by atoms with Crippen LogP contribution in [0.25, 0.3) is 21.0 Å². The Morgan fingerprint density at radius 1 is 1.16 bits per heavy atom. The van der Waals surface area contributed by atoms with Crippen LogP contribution >= 0.6 is 11.3 Å². The van der Waals surface area contributed by atoms with Gasteiger partial charge in [0.1, 0.15) is 6.17 Å². The van der Waals surface area contributed by atoms with E-state index in [4.69, 9.17) is 15.5 Å². The van der Waals surface area contributed by atoms with Crippen molar-refractivity contribution in [2.24, 2.45) is 5.73 Å². The number of nitrogens with one attached hydrogen (secondary N) is 1. The van der Waals surface area contributed by atoms with Gasteiger partial charge in [-0.2, -0.15) is 0 Å². The van der Waals surface area contributed by atoms with Crippen molar-refractivity contribution in [1.29, 1.82) is 0 Å². The Bertz CT molecular complexity index is 1460. The molecular weight excluding hydrogens is 498 g/mol.